The average Bonchev–Trinajstić information content (AvgIpc) is 3.80. The number of rotatable bonds is 8. The Labute approximate surface area is 242 Å². The Morgan fingerprint density at radius 2 is 2.00 bits per heavy atom. The average molecular weight is 575 g/mol. The lowest BCUT2D eigenvalue weighted by Gasteiger charge is -2.29. The third-order valence-electron chi connectivity index (χ3n) is 8.02. The van der Waals surface area contributed by atoms with Crippen LogP contribution in [0.25, 0.3) is 33.8 Å². The molecule has 0 spiro atoms. The number of nitrogens with zero attached hydrogens (tertiary/aromatic N) is 6. The van der Waals surface area contributed by atoms with Gasteiger partial charge in [0.2, 0.25) is 6.41 Å². The molecule has 13 heteroatoms. The highest BCUT2D eigenvalue weighted by molar-refractivity contribution is 5.87. The number of carbonyl (C=O) groups excluding carboxylic acids is 1. The first-order valence-corrected chi connectivity index (χ1v) is 14.3. The number of benzene rings is 1. The fourth-order valence-corrected chi connectivity index (χ4v) is 5.93. The van der Waals surface area contributed by atoms with Crippen LogP contribution in [0.15, 0.2) is 36.8 Å². The highest BCUT2D eigenvalue weighted by Gasteiger charge is 2.57. The van der Waals surface area contributed by atoms with Gasteiger partial charge in [0.05, 0.1) is 25.2 Å². The SMILES string of the molecule is CCN(C=O)[C@H]1O[C@@H](n2cnc3c(NC4CCOC4)nc(-c4[nH]ncc4-c4ccc(C)cc4)nc32)[C@@H]2OC(C)(C)O[C@H]21. The molecule has 42 heavy (non-hydrogen) atoms. The van der Waals surface area contributed by atoms with E-state index in [1.165, 1.54) is 5.56 Å². The lowest BCUT2D eigenvalue weighted by molar-refractivity contribution is -0.214. The van der Waals surface area contributed by atoms with Gasteiger partial charge < -0.3 is 29.2 Å². The van der Waals surface area contributed by atoms with E-state index in [-0.39, 0.29) is 6.04 Å². The fourth-order valence-electron chi connectivity index (χ4n) is 5.93. The molecule has 220 valence electrons. The number of amides is 1. The summed E-state index contributed by atoms with van der Waals surface area (Å²) >= 11 is 0. The standard InChI is InChI=1S/C29H34N8O5/c1-5-36(15-38)27-22-23(42-29(3,4)41-22)28(40-27)37-14-30-21-25(32-18-10-11-39-13-18)33-24(34-26(21)37)20-19(12-31-35-20)17-8-6-16(2)7-9-17/h6-9,12,14-15,18,22-23,27-28H,5,10-11,13H2,1-4H3,(H,31,35)(H,32,33,34)/t18?,22-,23-,27+,28-/m1/s1. The molecule has 0 bridgehead atoms. The van der Waals surface area contributed by atoms with Crippen molar-refractivity contribution >= 4 is 23.4 Å². The molecule has 3 saturated heterocycles. The van der Waals surface area contributed by atoms with Crippen molar-refractivity contribution in [1.82, 2.24) is 34.6 Å². The predicted molar refractivity (Wildman–Crippen MR) is 152 cm³/mol. The monoisotopic (exact) mass is 574 g/mol. The molecule has 13 nitrogen and oxygen atoms in total. The first-order chi connectivity index (χ1) is 20.3. The van der Waals surface area contributed by atoms with Crippen molar-refractivity contribution in [3.63, 3.8) is 0 Å². The Bertz CT molecular complexity index is 1600. The molecular formula is C29H34N8O5. The molecule has 1 aromatic carbocycles. The number of carbonyl (C=O) groups is 1. The van der Waals surface area contributed by atoms with Crippen molar-refractivity contribution in [1.29, 1.82) is 0 Å². The lowest BCUT2D eigenvalue weighted by atomic mass is 10.0. The number of aromatic amines is 1. The topological polar surface area (TPSA) is 142 Å². The second-order valence-electron chi connectivity index (χ2n) is 11.4. The summed E-state index contributed by atoms with van der Waals surface area (Å²) in [5.74, 6) is 0.200. The lowest BCUT2D eigenvalue weighted by Crippen LogP contribution is -2.43. The number of anilines is 1. The second-order valence-corrected chi connectivity index (χ2v) is 11.4. The van der Waals surface area contributed by atoms with E-state index in [0.717, 1.165) is 24.0 Å². The van der Waals surface area contributed by atoms with Crippen LogP contribution in [-0.2, 0) is 23.7 Å². The normalized spacial score (nSPS) is 26.5. The van der Waals surface area contributed by atoms with Gasteiger partial charge in [0, 0.05) is 18.7 Å². The summed E-state index contributed by atoms with van der Waals surface area (Å²) < 4.78 is 26.5. The molecule has 4 aromatic rings. The van der Waals surface area contributed by atoms with Crippen molar-refractivity contribution in [3.05, 3.63) is 42.4 Å². The number of likely N-dealkylation sites (N-methyl/N-ethyl adjacent to an activating group) is 1. The highest BCUT2D eigenvalue weighted by Crippen LogP contribution is 2.45. The molecule has 0 aliphatic carbocycles. The van der Waals surface area contributed by atoms with Gasteiger partial charge in [-0.05, 0) is 39.7 Å². The van der Waals surface area contributed by atoms with Crippen LogP contribution in [0.2, 0.25) is 0 Å². The van der Waals surface area contributed by atoms with E-state index in [0.29, 0.717) is 48.3 Å². The van der Waals surface area contributed by atoms with E-state index in [9.17, 15) is 4.79 Å². The molecule has 3 aliphatic rings. The van der Waals surface area contributed by atoms with Crippen LogP contribution in [0, 0.1) is 6.92 Å². The number of fused-ring (bicyclic) bond motifs is 2. The first-order valence-electron chi connectivity index (χ1n) is 14.3. The minimum atomic E-state index is -0.845. The van der Waals surface area contributed by atoms with Gasteiger partial charge in [-0.25, -0.2) is 15.0 Å². The molecule has 0 radical (unpaired) electrons. The number of aryl methyl sites for hydroxylation is 1. The molecule has 5 atom stereocenters. The van der Waals surface area contributed by atoms with E-state index in [1.807, 2.05) is 25.3 Å². The number of hydrogen-bond donors (Lipinski definition) is 2. The van der Waals surface area contributed by atoms with Gasteiger partial charge in [-0.1, -0.05) is 29.8 Å². The van der Waals surface area contributed by atoms with Gasteiger partial charge in [-0.3, -0.25) is 14.5 Å². The minimum absolute atomic E-state index is 0.0917. The van der Waals surface area contributed by atoms with Gasteiger partial charge >= 0.3 is 0 Å². The molecule has 1 unspecified atom stereocenters. The third-order valence-corrected chi connectivity index (χ3v) is 8.02. The van der Waals surface area contributed by atoms with E-state index in [1.54, 1.807) is 17.4 Å². The maximum absolute atomic E-state index is 11.9. The van der Waals surface area contributed by atoms with Crippen molar-refractivity contribution in [2.24, 2.45) is 0 Å². The van der Waals surface area contributed by atoms with Crippen molar-refractivity contribution in [2.75, 3.05) is 25.1 Å². The van der Waals surface area contributed by atoms with Gasteiger partial charge in [0.25, 0.3) is 0 Å². The van der Waals surface area contributed by atoms with Crippen LogP contribution in [0.5, 0.6) is 0 Å². The van der Waals surface area contributed by atoms with Crippen molar-refractivity contribution in [2.45, 2.75) is 70.6 Å². The zero-order valence-corrected chi connectivity index (χ0v) is 24.0. The Kier molecular flexibility index (Phi) is 6.69. The summed E-state index contributed by atoms with van der Waals surface area (Å²) in [6, 6.07) is 8.33. The van der Waals surface area contributed by atoms with Crippen LogP contribution in [0.3, 0.4) is 0 Å². The number of ether oxygens (including phenoxy) is 4. The van der Waals surface area contributed by atoms with Gasteiger partial charge in [-0.15, -0.1) is 0 Å². The Balaban J connectivity index is 1.35. The van der Waals surface area contributed by atoms with Crippen LogP contribution in [0.4, 0.5) is 5.82 Å². The Hall–Kier alpha value is -3.91. The predicted octanol–water partition coefficient (Wildman–Crippen LogP) is 3.25. The van der Waals surface area contributed by atoms with Crippen LogP contribution in [0.1, 0.15) is 39.0 Å². The Morgan fingerprint density at radius 1 is 1.19 bits per heavy atom. The number of nitrogens with one attached hydrogen (secondary N) is 2. The van der Waals surface area contributed by atoms with Gasteiger partial charge in [0.15, 0.2) is 41.0 Å². The van der Waals surface area contributed by atoms with Crippen molar-refractivity contribution < 1.29 is 23.7 Å². The highest BCUT2D eigenvalue weighted by atomic mass is 16.8. The summed E-state index contributed by atoms with van der Waals surface area (Å²) in [7, 11) is 0. The molecule has 3 aliphatic heterocycles. The van der Waals surface area contributed by atoms with Crippen LogP contribution >= 0.6 is 0 Å². The zero-order chi connectivity index (χ0) is 29.0. The van der Waals surface area contributed by atoms with E-state index >= 15 is 0 Å². The summed E-state index contributed by atoms with van der Waals surface area (Å²) in [6.07, 6.45) is 2.85. The van der Waals surface area contributed by atoms with Gasteiger partial charge in [0.1, 0.15) is 17.9 Å². The third kappa shape index (κ3) is 4.62. The summed E-state index contributed by atoms with van der Waals surface area (Å²) in [5.41, 5.74) is 4.87. The molecule has 3 aromatic heterocycles. The number of hydrogen-bond acceptors (Lipinski definition) is 10. The van der Waals surface area contributed by atoms with Gasteiger partial charge in [-0.2, -0.15) is 5.10 Å². The molecule has 7 rings (SSSR count). The van der Waals surface area contributed by atoms with Crippen molar-refractivity contribution in [3.8, 4) is 22.6 Å². The smallest absolute Gasteiger partial charge is 0.211 e. The summed E-state index contributed by atoms with van der Waals surface area (Å²) in [5, 5.41) is 11.0. The first kappa shape index (κ1) is 27.0. The fraction of sp³-hybridized carbons (Fsp3) is 0.483. The number of imidazole rings is 1. The molecule has 3 fully saturated rings. The number of H-pyrrole nitrogens is 1. The molecule has 2 N–H and O–H groups in total. The largest absolute Gasteiger partial charge is 0.379 e. The van der Waals surface area contributed by atoms with Crippen LogP contribution < -0.4 is 5.32 Å². The minimum Gasteiger partial charge on any atom is -0.379 e. The van der Waals surface area contributed by atoms with E-state index in [2.05, 4.69) is 46.7 Å². The molecule has 1 amide bonds. The summed E-state index contributed by atoms with van der Waals surface area (Å²) in [6.45, 7) is 9.40. The Morgan fingerprint density at radius 3 is 2.74 bits per heavy atom. The maximum Gasteiger partial charge on any atom is 0.211 e. The van der Waals surface area contributed by atoms with Crippen LogP contribution in [-0.4, -0.2) is 91.0 Å². The van der Waals surface area contributed by atoms with E-state index < -0.39 is 30.5 Å². The molecular weight excluding hydrogens is 540 g/mol. The second kappa shape index (κ2) is 10.4. The quantitative estimate of drug-likeness (QED) is 0.301. The summed E-state index contributed by atoms with van der Waals surface area (Å²) in [4.78, 5) is 28.2. The molecule has 0 saturated carbocycles. The van der Waals surface area contributed by atoms with E-state index in [4.69, 9.17) is 33.9 Å². The number of aromatic nitrogens is 6. The molecule has 6 heterocycles. The maximum atomic E-state index is 11.9. The zero-order valence-electron chi connectivity index (χ0n) is 24.0.